The highest BCUT2D eigenvalue weighted by Crippen LogP contribution is 2.25. The van der Waals surface area contributed by atoms with E-state index in [4.69, 9.17) is 5.73 Å². The number of nitrogens with zero attached hydrogens (tertiary/aromatic N) is 1. The lowest BCUT2D eigenvalue weighted by atomic mass is 9.96. The van der Waals surface area contributed by atoms with Crippen LogP contribution in [0, 0.1) is 11.8 Å². The van der Waals surface area contributed by atoms with Gasteiger partial charge in [0.2, 0.25) is 0 Å². The van der Waals surface area contributed by atoms with Crippen molar-refractivity contribution in [3.8, 4) is 0 Å². The zero-order chi connectivity index (χ0) is 14.8. The summed E-state index contributed by atoms with van der Waals surface area (Å²) < 4.78 is 0. The van der Waals surface area contributed by atoms with E-state index in [0.29, 0.717) is 0 Å². The lowest BCUT2D eigenvalue weighted by Gasteiger charge is -2.30. The second-order valence-electron chi connectivity index (χ2n) is 7.15. The number of hydrogen-bond donors (Lipinski definition) is 1. The van der Waals surface area contributed by atoms with Gasteiger partial charge in [-0.3, -0.25) is 0 Å². The van der Waals surface area contributed by atoms with Crippen LogP contribution in [-0.2, 0) is 0 Å². The molecule has 2 heteroatoms. The predicted octanol–water partition coefficient (Wildman–Crippen LogP) is 4.43. The first kappa shape index (κ1) is 18.0. The Hall–Kier alpha value is -0.0800. The summed E-state index contributed by atoms with van der Waals surface area (Å²) in [6, 6.07) is 0.892. The molecular weight excluding hydrogens is 244 g/mol. The van der Waals surface area contributed by atoms with E-state index in [0.717, 1.165) is 24.4 Å². The van der Waals surface area contributed by atoms with Crippen LogP contribution < -0.4 is 5.73 Å². The van der Waals surface area contributed by atoms with E-state index in [-0.39, 0.29) is 0 Å². The molecule has 0 aromatic rings. The van der Waals surface area contributed by atoms with Crippen molar-refractivity contribution in [2.75, 3.05) is 19.6 Å². The van der Waals surface area contributed by atoms with Crippen molar-refractivity contribution in [1.29, 1.82) is 0 Å². The summed E-state index contributed by atoms with van der Waals surface area (Å²) in [5.41, 5.74) is 5.71. The Balaban J connectivity index is 2.31. The van der Waals surface area contributed by atoms with Gasteiger partial charge >= 0.3 is 0 Å². The highest BCUT2D eigenvalue weighted by molar-refractivity contribution is 4.78. The molecule has 0 aromatic carbocycles. The standard InChI is InChI=1S/C18H38N2/c1-4-17(11-13-19)8-7-14-20(15-12-16(2)3)18-9-5-6-10-18/h16-18H,4-15,19H2,1-3H3. The molecule has 20 heavy (non-hydrogen) atoms. The van der Waals surface area contributed by atoms with Crippen LogP contribution in [0.3, 0.4) is 0 Å². The summed E-state index contributed by atoms with van der Waals surface area (Å²) in [7, 11) is 0. The van der Waals surface area contributed by atoms with E-state index in [2.05, 4.69) is 25.7 Å². The summed E-state index contributed by atoms with van der Waals surface area (Å²) in [5.74, 6) is 1.69. The summed E-state index contributed by atoms with van der Waals surface area (Å²) in [6.07, 6.45) is 12.4. The van der Waals surface area contributed by atoms with Gasteiger partial charge in [0.05, 0.1) is 0 Å². The molecule has 0 amide bonds. The SMILES string of the molecule is CCC(CCN)CCCN(CCC(C)C)C1CCCC1. The predicted molar refractivity (Wildman–Crippen MR) is 90.0 cm³/mol. The molecule has 1 unspecified atom stereocenters. The van der Waals surface area contributed by atoms with E-state index < -0.39 is 0 Å². The van der Waals surface area contributed by atoms with Gasteiger partial charge in [-0.2, -0.15) is 0 Å². The molecule has 0 aliphatic heterocycles. The molecule has 1 aliphatic rings. The van der Waals surface area contributed by atoms with Gasteiger partial charge in [-0.05, 0) is 70.0 Å². The smallest absolute Gasteiger partial charge is 0.00952 e. The summed E-state index contributed by atoms with van der Waals surface area (Å²) in [5, 5.41) is 0. The van der Waals surface area contributed by atoms with Crippen molar-refractivity contribution in [3.63, 3.8) is 0 Å². The van der Waals surface area contributed by atoms with E-state index >= 15 is 0 Å². The Kier molecular flexibility index (Phi) is 9.54. The van der Waals surface area contributed by atoms with Crippen LogP contribution >= 0.6 is 0 Å². The molecule has 0 heterocycles. The van der Waals surface area contributed by atoms with Gasteiger partial charge < -0.3 is 10.6 Å². The first-order valence-electron chi connectivity index (χ1n) is 9.11. The first-order valence-corrected chi connectivity index (χ1v) is 9.11. The molecule has 2 N–H and O–H groups in total. The van der Waals surface area contributed by atoms with Gasteiger partial charge in [0, 0.05) is 6.04 Å². The quantitative estimate of drug-likeness (QED) is 0.607. The topological polar surface area (TPSA) is 29.3 Å². The van der Waals surface area contributed by atoms with Crippen molar-refractivity contribution in [3.05, 3.63) is 0 Å². The fraction of sp³-hybridized carbons (Fsp3) is 1.00. The third kappa shape index (κ3) is 7.08. The maximum atomic E-state index is 5.71. The molecule has 1 rings (SSSR count). The Morgan fingerprint density at radius 2 is 1.75 bits per heavy atom. The number of nitrogens with two attached hydrogens (primary N) is 1. The lowest BCUT2D eigenvalue weighted by Crippen LogP contribution is -2.35. The van der Waals surface area contributed by atoms with Gasteiger partial charge in [0.25, 0.3) is 0 Å². The Morgan fingerprint density at radius 3 is 2.30 bits per heavy atom. The summed E-state index contributed by atoms with van der Waals surface area (Å²) >= 11 is 0. The maximum absolute atomic E-state index is 5.71. The van der Waals surface area contributed by atoms with E-state index in [9.17, 15) is 0 Å². The second kappa shape index (κ2) is 10.6. The molecule has 120 valence electrons. The molecule has 0 saturated heterocycles. The zero-order valence-electron chi connectivity index (χ0n) is 14.2. The minimum absolute atomic E-state index is 0.833. The highest BCUT2D eigenvalue weighted by atomic mass is 15.2. The largest absolute Gasteiger partial charge is 0.330 e. The Labute approximate surface area is 127 Å². The Bertz CT molecular complexity index is 221. The number of rotatable bonds is 11. The molecule has 1 atom stereocenters. The molecular formula is C18H38N2. The molecule has 0 aromatic heterocycles. The van der Waals surface area contributed by atoms with Gasteiger partial charge in [-0.25, -0.2) is 0 Å². The Morgan fingerprint density at radius 1 is 1.05 bits per heavy atom. The van der Waals surface area contributed by atoms with Crippen molar-refractivity contribution in [1.82, 2.24) is 4.90 Å². The third-order valence-electron chi connectivity index (χ3n) is 5.04. The van der Waals surface area contributed by atoms with Crippen molar-refractivity contribution in [2.45, 2.75) is 84.6 Å². The lowest BCUT2D eigenvalue weighted by molar-refractivity contribution is 0.180. The van der Waals surface area contributed by atoms with E-state index in [1.165, 1.54) is 70.9 Å². The van der Waals surface area contributed by atoms with E-state index in [1.54, 1.807) is 0 Å². The second-order valence-corrected chi connectivity index (χ2v) is 7.15. The minimum Gasteiger partial charge on any atom is -0.330 e. The monoisotopic (exact) mass is 282 g/mol. The van der Waals surface area contributed by atoms with Gasteiger partial charge in [0.1, 0.15) is 0 Å². The van der Waals surface area contributed by atoms with Crippen molar-refractivity contribution in [2.24, 2.45) is 17.6 Å². The average Bonchev–Trinajstić information content (AvgIpc) is 2.95. The normalized spacial score (nSPS) is 18.3. The van der Waals surface area contributed by atoms with Crippen LogP contribution in [0.1, 0.15) is 78.6 Å². The molecule has 0 spiro atoms. The van der Waals surface area contributed by atoms with Crippen LogP contribution in [0.15, 0.2) is 0 Å². The fourth-order valence-corrected chi connectivity index (χ4v) is 3.54. The van der Waals surface area contributed by atoms with Gasteiger partial charge in [-0.15, -0.1) is 0 Å². The maximum Gasteiger partial charge on any atom is 0.00952 e. The molecule has 0 bridgehead atoms. The molecule has 0 radical (unpaired) electrons. The van der Waals surface area contributed by atoms with Crippen LogP contribution in [0.4, 0.5) is 0 Å². The first-order chi connectivity index (χ1) is 9.67. The van der Waals surface area contributed by atoms with Crippen molar-refractivity contribution < 1.29 is 0 Å². The average molecular weight is 283 g/mol. The van der Waals surface area contributed by atoms with Gasteiger partial charge in [-0.1, -0.05) is 40.0 Å². The highest BCUT2D eigenvalue weighted by Gasteiger charge is 2.22. The molecule has 1 aliphatic carbocycles. The summed E-state index contributed by atoms with van der Waals surface area (Å²) in [6.45, 7) is 10.5. The zero-order valence-corrected chi connectivity index (χ0v) is 14.2. The fourth-order valence-electron chi connectivity index (χ4n) is 3.54. The molecule has 1 fully saturated rings. The molecule has 1 saturated carbocycles. The van der Waals surface area contributed by atoms with Gasteiger partial charge in [0.15, 0.2) is 0 Å². The summed E-state index contributed by atoms with van der Waals surface area (Å²) in [4.78, 5) is 2.81. The van der Waals surface area contributed by atoms with Crippen LogP contribution in [0.2, 0.25) is 0 Å². The third-order valence-corrected chi connectivity index (χ3v) is 5.04. The van der Waals surface area contributed by atoms with Crippen molar-refractivity contribution >= 4 is 0 Å². The van der Waals surface area contributed by atoms with Crippen LogP contribution in [0.25, 0.3) is 0 Å². The van der Waals surface area contributed by atoms with Crippen LogP contribution in [0.5, 0.6) is 0 Å². The minimum atomic E-state index is 0.833. The van der Waals surface area contributed by atoms with Crippen LogP contribution in [-0.4, -0.2) is 30.6 Å². The molecule has 2 nitrogen and oxygen atoms in total. The van der Waals surface area contributed by atoms with E-state index in [1.807, 2.05) is 0 Å². The number of hydrogen-bond acceptors (Lipinski definition) is 2.